The lowest BCUT2D eigenvalue weighted by atomic mass is 10.2. The van der Waals surface area contributed by atoms with Crippen LogP contribution in [0.1, 0.15) is 5.56 Å². The van der Waals surface area contributed by atoms with Gasteiger partial charge in [0.15, 0.2) is 0 Å². The standard InChI is InChI=1S/C19H25N7O3/c1-27-16-4-2-15(3-5-16)14-20-24-17-21-18(25-6-10-28-11-7-25)23-19(22-17)26-8-12-29-13-9-26/h2-5,14H,6-13H2,1H3,(H,21,22,23,24). The molecule has 0 unspecified atom stereocenters. The van der Waals surface area contributed by atoms with Crippen LogP contribution >= 0.6 is 0 Å². The van der Waals surface area contributed by atoms with Crippen LogP contribution in [0.3, 0.4) is 0 Å². The monoisotopic (exact) mass is 399 g/mol. The largest absolute Gasteiger partial charge is 0.497 e. The number of benzene rings is 1. The van der Waals surface area contributed by atoms with Crippen LogP contribution in [0.5, 0.6) is 5.75 Å². The summed E-state index contributed by atoms with van der Waals surface area (Å²) in [6.45, 7) is 5.66. The lowest BCUT2D eigenvalue weighted by molar-refractivity contribution is 0.121. The smallest absolute Gasteiger partial charge is 0.250 e. The number of anilines is 3. The first-order valence-electron chi connectivity index (χ1n) is 9.66. The van der Waals surface area contributed by atoms with Gasteiger partial charge in [0.2, 0.25) is 17.8 Å². The summed E-state index contributed by atoms with van der Waals surface area (Å²) in [5.41, 5.74) is 3.88. The molecule has 0 atom stereocenters. The molecule has 2 saturated heterocycles. The number of nitrogens with zero attached hydrogens (tertiary/aromatic N) is 6. The number of methoxy groups -OCH3 is 1. The summed E-state index contributed by atoms with van der Waals surface area (Å²) in [5, 5.41) is 4.28. The molecular formula is C19H25N7O3. The molecule has 1 N–H and O–H groups in total. The van der Waals surface area contributed by atoms with Crippen molar-refractivity contribution in [3.05, 3.63) is 29.8 Å². The number of morpholine rings is 2. The number of nitrogens with one attached hydrogen (secondary N) is 1. The van der Waals surface area contributed by atoms with E-state index < -0.39 is 0 Å². The van der Waals surface area contributed by atoms with Crippen molar-refractivity contribution in [1.29, 1.82) is 0 Å². The van der Waals surface area contributed by atoms with Gasteiger partial charge in [0.05, 0.1) is 39.8 Å². The second-order valence-electron chi connectivity index (χ2n) is 6.60. The second-order valence-corrected chi connectivity index (χ2v) is 6.60. The molecule has 0 bridgehead atoms. The van der Waals surface area contributed by atoms with Crippen molar-refractivity contribution in [3.63, 3.8) is 0 Å². The average molecular weight is 399 g/mol. The van der Waals surface area contributed by atoms with Crippen molar-refractivity contribution in [2.45, 2.75) is 0 Å². The maximum absolute atomic E-state index is 5.44. The number of hydrogen-bond donors (Lipinski definition) is 1. The van der Waals surface area contributed by atoms with Crippen LogP contribution in [0.15, 0.2) is 29.4 Å². The van der Waals surface area contributed by atoms with Gasteiger partial charge in [0.25, 0.3) is 0 Å². The lowest BCUT2D eigenvalue weighted by Gasteiger charge is -2.30. The molecule has 29 heavy (non-hydrogen) atoms. The van der Waals surface area contributed by atoms with E-state index in [1.807, 2.05) is 24.3 Å². The van der Waals surface area contributed by atoms with Gasteiger partial charge in [0.1, 0.15) is 5.75 Å². The fourth-order valence-corrected chi connectivity index (χ4v) is 3.07. The highest BCUT2D eigenvalue weighted by atomic mass is 16.5. The Morgan fingerprint density at radius 1 is 0.897 bits per heavy atom. The molecule has 0 amide bonds. The minimum atomic E-state index is 0.410. The van der Waals surface area contributed by atoms with Crippen LogP contribution in [-0.2, 0) is 9.47 Å². The maximum Gasteiger partial charge on any atom is 0.250 e. The van der Waals surface area contributed by atoms with Crippen molar-refractivity contribution in [2.24, 2.45) is 5.10 Å². The molecule has 2 fully saturated rings. The summed E-state index contributed by atoms with van der Waals surface area (Å²) in [4.78, 5) is 18.0. The number of hydrazone groups is 1. The van der Waals surface area contributed by atoms with Crippen molar-refractivity contribution >= 4 is 24.1 Å². The minimum absolute atomic E-state index is 0.410. The number of hydrogen-bond acceptors (Lipinski definition) is 10. The molecule has 154 valence electrons. The number of ether oxygens (including phenoxy) is 3. The topological polar surface area (TPSA) is 97.2 Å². The van der Waals surface area contributed by atoms with Gasteiger partial charge in [-0.25, -0.2) is 5.43 Å². The molecule has 0 radical (unpaired) electrons. The molecule has 4 rings (SSSR count). The molecule has 10 nitrogen and oxygen atoms in total. The second kappa shape index (κ2) is 9.48. The van der Waals surface area contributed by atoms with Crippen LogP contribution in [0.25, 0.3) is 0 Å². The molecule has 0 aliphatic carbocycles. The molecule has 2 aliphatic heterocycles. The summed E-state index contributed by atoms with van der Waals surface area (Å²) >= 11 is 0. The normalized spacial score (nSPS) is 17.6. The SMILES string of the molecule is COc1ccc(C=NNc2nc(N3CCOCC3)nc(N3CCOCC3)n2)cc1. The molecule has 0 spiro atoms. The predicted molar refractivity (Wildman–Crippen MR) is 110 cm³/mol. The number of aromatic nitrogens is 3. The summed E-state index contributed by atoms with van der Waals surface area (Å²) < 4.78 is 16.1. The fourth-order valence-electron chi connectivity index (χ4n) is 3.07. The van der Waals surface area contributed by atoms with E-state index in [1.54, 1.807) is 13.3 Å². The Labute approximate surface area is 169 Å². The summed E-state index contributed by atoms with van der Waals surface area (Å²) in [6.07, 6.45) is 1.71. The summed E-state index contributed by atoms with van der Waals surface area (Å²) in [7, 11) is 1.64. The van der Waals surface area contributed by atoms with Gasteiger partial charge in [-0.3, -0.25) is 0 Å². The quantitative estimate of drug-likeness (QED) is 0.563. The van der Waals surface area contributed by atoms with Gasteiger partial charge in [-0.1, -0.05) is 0 Å². The van der Waals surface area contributed by atoms with Gasteiger partial charge in [-0.2, -0.15) is 20.1 Å². The van der Waals surface area contributed by atoms with Crippen LogP contribution in [0.4, 0.5) is 17.8 Å². The highest BCUT2D eigenvalue weighted by molar-refractivity contribution is 5.80. The van der Waals surface area contributed by atoms with Gasteiger partial charge in [0, 0.05) is 26.2 Å². The van der Waals surface area contributed by atoms with Crippen molar-refractivity contribution in [1.82, 2.24) is 15.0 Å². The van der Waals surface area contributed by atoms with E-state index >= 15 is 0 Å². The molecule has 1 aromatic heterocycles. The van der Waals surface area contributed by atoms with Gasteiger partial charge in [-0.05, 0) is 29.8 Å². The third-order valence-electron chi connectivity index (χ3n) is 4.69. The van der Waals surface area contributed by atoms with Crippen LogP contribution in [0.2, 0.25) is 0 Å². The maximum atomic E-state index is 5.44. The highest BCUT2D eigenvalue weighted by Crippen LogP contribution is 2.18. The Morgan fingerprint density at radius 2 is 1.45 bits per heavy atom. The van der Waals surface area contributed by atoms with E-state index in [-0.39, 0.29) is 0 Å². The van der Waals surface area contributed by atoms with Crippen LogP contribution < -0.4 is 20.0 Å². The third kappa shape index (κ3) is 5.09. The van der Waals surface area contributed by atoms with Crippen LogP contribution in [-0.4, -0.2) is 80.9 Å². The molecule has 1 aromatic carbocycles. The van der Waals surface area contributed by atoms with E-state index in [1.165, 1.54) is 0 Å². The van der Waals surface area contributed by atoms with Gasteiger partial charge < -0.3 is 24.0 Å². The fraction of sp³-hybridized carbons (Fsp3) is 0.474. The Balaban J connectivity index is 1.52. The molecule has 2 aromatic rings. The first-order valence-corrected chi connectivity index (χ1v) is 9.66. The Kier molecular flexibility index (Phi) is 6.32. The molecule has 0 saturated carbocycles. The predicted octanol–water partition coefficient (Wildman–Crippen LogP) is 0.999. The van der Waals surface area contributed by atoms with E-state index in [0.717, 1.165) is 37.5 Å². The van der Waals surface area contributed by atoms with Crippen molar-refractivity contribution in [3.8, 4) is 5.75 Å². The molecule has 3 heterocycles. The van der Waals surface area contributed by atoms with E-state index in [0.29, 0.717) is 44.3 Å². The van der Waals surface area contributed by atoms with Crippen LogP contribution in [0, 0.1) is 0 Å². The average Bonchev–Trinajstić information content (AvgIpc) is 2.80. The summed E-state index contributed by atoms with van der Waals surface area (Å²) in [6, 6.07) is 7.63. The van der Waals surface area contributed by atoms with Gasteiger partial charge in [-0.15, -0.1) is 0 Å². The first-order chi connectivity index (χ1) is 14.3. The third-order valence-corrected chi connectivity index (χ3v) is 4.69. The zero-order valence-corrected chi connectivity index (χ0v) is 16.5. The summed E-state index contributed by atoms with van der Waals surface area (Å²) in [5.74, 6) is 2.48. The Hall–Kier alpha value is -2.98. The zero-order valence-electron chi connectivity index (χ0n) is 16.5. The highest BCUT2D eigenvalue weighted by Gasteiger charge is 2.20. The van der Waals surface area contributed by atoms with Gasteiger partial charge >= 0.3 is 0 Å². The number of rotatable bonds is 6. The molecular weight excluding hydrogens is 374 g/mol. The molecule has 2 aliphatic rings. The van der Waals surface area contributed by atoms with E-state index in [4.69, 9.17) is 14.2 Å². The van der Waals surface area contributed by atoms with E-state index in [9.17, 15) is 0 Å². The lowest BCUT2D eigenvalue weighted by Crippen LogP contribution is -2.40. The van der Waals surface area contributed by atoms with Crippen molar-refractivity contribution < 1.29 is 14.2 Å². The van der Waals surface area contributed by atoms with E-state index in [2.05, 4.69) is 35.3 Å². The van der Waals surface area contributed by atoms with Crippen molar-refractivity contribution in [2.75, 3.05) is 74.9 Å². The Bertz CT molecular complexity index is 783. The molecule has 10 heteroatoms. The zero-order chi connectivity index (χ0) is 19.9. The Morgan fingerprint density at radius 3 is 1.97 bits per heavy atom. The minimum Gasteiger partial charge on any atom is -0.497 e. The first kappa shape index (κ1) is 19.3.